The van der Waals surface area contributed by atoms with Crippen LogP contribution in [0.4, 0.5) is 17.1 Å². The van der Waals surface area contributed by atoms with Gasteiger partial charge in [0.05, 0.1) is 0 Å². The molecule has 0 aliphatic rings. The zero-order valence-corrected chi connectivity index (χ0v) is 26.4. The van der Waals surface area contributed by atoms with Crippen LogP contribution < -0.4 is 4.90 Å². The van der Waals surface area contributed by atoms with E-state index < -0.39 is 0 Å². The number of aromatic nitrogens is 1. The quantitative estimate of drug-likeness (QED) is 0.190. The highest BCUT2D eigenvalue weighted by Gasteiger charge is 2.17. The van der Waals surface area contributed by atoms with Crippen molar-refractivity contribution < 1.29 is 8.83 Å². The molecule has 0 saturated carbocycles. The molecule has 0 N–H and O–H groups in total. The Morgan fingerprint density at radius 1 is 0.388 bits per heavy atom. The van der Waals surface area contributed by atoms with Crippen molar-refractivity contribution in [1.82, 2.24) is 4.98 Å². The minimum atomic E-state index is 0.609. The number of nitrogens with zero attached hydrogens (tertiary/aromatic N) is 2. The second-order valence-electron chi connectivity index (χ2n) is 12.4. The third kappa shape index (κ3) is 4.65. The molecule has 0 atom stereocenters. The van der Waals surface area contributed by atoms with Gasteiger partial charge in [-0.2, -0.15) is 0 Å². The molecule has 0 bridgehead atoms. The summed E-state index contributed by atoms with van der Waals surface area (Å²) in [6.45, 7) is 0. The molecule has 4 heteroatoms. The van der Waals surface area contributed by atoms with E-state index in [0.717, 1.165) is 55.7 Å². The first-order chi connectivity index (χ1) is 24.2. The maximum atomic E-state index is 6.36. The molecular weight excluding hydrogens is 601 g/mol. The molecule has 230 valence electrons. The zero-order chi connectivity index (χ0) is 32.3. The lowest BCUT2D eigenvalue weighted by Gasteiger charge is -2.26. The van der Waals surface area contributed by atoms with Crippen molar-refractivity contribution in [2.75, 3.05) is 4.90 Å². The Bertz CT molecular complexity index is 2790. The number of anilines is 3. The summed E-state index contributed by atoms with van der Waals surface area (Å²) in [6.07, 6.45) is 0. The van der Waals surface area contributed by atoms with Crippen LogP contribution in [0.1, 0.15) is 0 Å². The third-order valence-corrected chi connectivity index (χ3v) is 9.47. The Morgan fingerprint density at radius 2 is 1.02 bits per heavy atom. The van der Waals surface area contributed by atoms with E-state index in [9.17, 15) is 0 Å². The zero-order valence-electron chi connectivity index (χ0n) is 26.4. The second-order valence-corrected chi connectivity index (χ2v) is 12.4. The van der Waals surface area contributed by atoms with E-state index in [-0.39, 0.29) is 0 Å². The van der Waals surface area contributed by atoms with Gasteiger partial charge in [-0.15, -0.1) is 0 Å². The monoisotopic (exact) mass is 628 g/mol. The Labute approximate surface area is 282 Å². The van der Waals surface area contributed by atoms with Crippen LogP contribution >= 0.6 is 0 Å². The van der Waals surface area contributed by atoms with Crippen molar-refractivity contribution in [3.8, 4) is 22.6 Å². The Balaban J connectivity index is 1.11. The van der Waals surface area contributed by atoms with Gasteiger partial charge in [0, 0.05) is 33.4 Å². The molecule has 2 aromatic heterocycles. The highest BCUT2D eigenvalue weighted by Crippen LogP contribution is 2.41. The van der Waals surface area contributed by atoms with Gasteiger partial charge < -0.3 is 13.7 Å². The molecule has 4 nitrogen and oxygen atoms in total. The van der Waals surface area contributed by atoms with Gasteiger partial charge in [-0.25, -0.2) is 4.98 Å². The molecule has 8 aromatic carbocycles. The van der Waals surface area contributed by atoms with Crippen LogP contribution in [0.3, 0.4) is 0 Å². The predicted molar refractivity (Wildman–Crippen MR) is 202 cm³/mol. The van der Waals surface area contributed by atoms with Crippen LogP contribution in [-0.4, -0.2) is 4.98 Å². The number of para-hydroxylation sites is 2. The molecular formula is C45H28N2O2. The molecule has 0 fully saturated rings. The van der Waals surface area contributed by atoms with Crippen molar-refractivity contribution in [3.63, 3.8) is 0 Å². The number of benzene rings is 8. The molecule has 49 heavy (non-hydrogen) atoms. The molecule has 0 unspecified atom stereocenters. The lowest BCUT2D eigenvalue weighted by Crippen LogP contribution is -2.09. The lowest BCUT2D eigenvalue weighted by atomic mass is 9.98. The average molecular weight is 629 g/mol. The van der Waals surface area contributed by atoms with Gasteiger partial charge in [0.15, 0.2) is 5.58 Å². The fourth-order valence-electron chi connectivity index (χ4n) is 7.05. The predicted octanol–water partition coefficient (Wildman–Crippen LogP) is 12.8. The summed E-state index contributed by atoms with van der Waals surface area (Å²) < 4.78 is 12.4. The maximum absolute atomic E-state index is 6.36. The summed E-state index contributed by atoms with van der Waals surface area (Å²) in [5.74, 6) is 0.609. The smallest absolute Gasteiger partial charge is 0.227 e. The molecule has 0 radical (unpaired) electrons. The van der Waals surface area contributed by atoms with Crippen molar-refractivity contribution in [2.24, 2.45) is 0 Å². The number of fused-ring (bicyclic) bond motifs is 6. The maximum Gasteiger partial charge on any atom is 0.227 e. The van der Waals surface area contributed by atoms with Crippen molar-refractivity contribution in [3.05, 3.63) is 170 Å². The molecule has 0 spiro atoms. The van der Waals surface area contributed by atoms with Gasteiger partial charge >= 0.3 is 0 Å². The van der Waals surface area contributed by atoms with E-state index in [1.54, 1.807) is 0 Å². The van der Waals surface area contributed by atoms with Crippen LogP contribution in [0.15, 0.2) is 179 Å². The first kappa shape index (κ1) is 27.5. The number of oxazole rings is 1. The van der Waals surface area contributed by atoms with Gasteiger partial charge in [-0.05, 0) is 112 Å². The van der Waals surface area contributed by atoms with Gasteiger partial charge in [-0.3, -0.25) is 0 Å². The first-order valence-electron chi connectivity index (χ1n) is 16.4. The summed E-state index contributed by atoms with van der Waals surface area (Å²) >= 11 is 0. The average Bonchev–Trinajstić information content (AvgIpc) is 3.76. The van der Waals surface area contributed by atoms with E-state index in [1.807, 2.05) is 24.3 Å². The molecule has 0 saturated heterocycles. The van der Waals surface area contributed by atoms with E-state index in [1.165, 1.54) is 32.7 Å². The van der Waals surface area contributed by atoms with Gasteiger partial charge in [0.1, 0.15) is 16.7 Å². The van der Waals surface area contributed by atoms with Crippen LogP contribution in [0, 0.1) is 0 Å². The Kier molecular flexibility index (Phi) is 6.15. The van der Waals surface area contributed by atoms with E-state index in [4.69, 9.17) is 13.8 Å². The third-order valence-electron chi connectivity index (χ3n) is 9.47. The number of hydrogen-bond donors (Lipinski definition) is 0. The molecule has 0 amide bonds. The van der Waals surface area contributed by atoms with Crippen LogP contribution in [0.5, 0.6) is 0 Å². The largest absolute Gasteiger partial charge is 0.456 e. The van der Waals surface area contributed by atoms with Crippen LogP contribution in [0.2, 0.25) is 0 Å². The topological polar surface area (TPSA) is 42.4 Å². The lowest BCUT2D eigenvalue weighted by molar-refractivity contribution is 0.620. The highest BCUT2D eigenvalue weighted by molar-refractivity contribution is 6.11. The molecule has 2 heterocycles. The minimum absolute atomic E-state index is 0.609. The van der Waals surface area contributed by atoms with Crippen LogP contribution in [0.25, 0.3) is 77.2 Å². The second kappa shape index (κ2) is 11.0. The van der Waals surface area contributed by atoms with E-state index in [0.29, 0.717) is 5.89 Å². The summed E-state index contributed by atoms with van der Waals surface area (Å²) in [5, 5.41) is 7.03. The highest BCUT2D eigenvalue weighted by atomic mass is 16.3. The van der Waals surface area contributed by atoms with Crippen molar-refractivity contribution in [2.45, 2.75) is 0 Å². The normalized spacial score (nSPS) is 11.7. The molecule has 0 aliphatic heterocycles. The van der Waals surface area contributed by atoms with Gasteiger partial charge in [0.2, 0.25) is 5.89 Å². The van der Waals surface area contributed by atoms with E-state index >= 15 is 0 Å². The Morgan fingerprint density at radius 3 is 1.82 bits per heavy atom. The summed E-state index contributed by atoms with van der Waals surface area (Å²) in [4.78, 5) is 7.02. The first-order valence-corrected chi connectivity index (χ1v) is 16.4. The summed E-state index contributed by atoms with van der Waals surface area (Å²) in [6, 6.07) is 59.4. The molecule has 0 aliphatic carbocycles. The number of rotatable bonds is 5. The molecule has 10 aromatic rings. The minimum Gasteiger partial charge on any atom is -0.456 e. The van der Waals surface area contributed by atoms with E-state index in [2.05, 4.69) is 150 Å². The molecule has 10 rings (SSSR count). The fourth-order valence-corrected chi connectivity index (χ4v) is 7.05. The SMILES string of the molecule is c1ccc2cc3c(cc2c1)oc1ccc(N(c2ccc(-c4nc5ccccc5o4)cc2)c2ccc(-c4cccc5ccccc45)cc2)cc13. The number of furan rings is 1. The standard InChI is InChI=1S/C45H28N2O2/c1-2-10-33-27-44-39(26-32(33)9-1)40-28-36(24-25-42(40)48-44)47(35-22-18-31(19-23-35)45-46-41-14-5-6-15-43(41)49-45)34-20-16-30(17-21-34)38-13-7-11-29-8-3-4-12-37(29)38/h1-28H. The van der Waals surface area contributed by atoms with Gasteiger partial charge in [-0.1, -0.05) is 91.0 Å². The van der Waals surface area contributed by atoms with Crippen molar-refractivity contribution >= 4 is 71.6 Å². The summed E-state index contributed by atoms with van der Waals surface area (Å²) in [7, 11) is 0. The van der Waals surface area contributed by atoms with Crippen LogP contribution in [-0.2, 0) is 0 Å². The summed E-state index contributed by atoms with van der Waals surface area (Å²) in [5.41, 5.74) is 9.82. The number of hydrogen-bond acceptors (Lipinski definition) is 4. The van der Waals surface area contributed by atoms with Gasteiger partial charge in [0.25, 0.3) is 0 Å². The Hall–Kier alpha value is -6.65. The van der Waals surface area contributed by atoms with Crippen molar-refractivity contribution in [1.29, 1.82) is 0 Å². The fraction of sp³-hybridized carbons (Fsp3) is 0.